The molecule has 0 aliphatic heterocycles. The minimum atomic E-state index is -0.0769. The molecule has 1 saturated carbocycles. The number of ether oxygens (including phenoxy) is 2. The molecule has 32 heavy (non-hydrogen) atoms. The van der Waals surface area contributed by atoms with Gasteiger partial charge in [-0.05, 0) is 43.5 Å². The molecular weight excluding hydrogens is 404 g/mol. The quantitative estimate of drug-likeness (QED) is 0.270. The summed E-state index contributed by atoms with van der Waals surface area (Å²) in [6.45, 7) is 8.03. The van der Waals surface area contributed by atoms with Crippen LogP contribution < -0.4 is 25.4 Å². The maximum absolute atomic E-state index is 11.8. The van der Waals surface area contributed by atoms with Gasteiger partial charge < -0.3 is 25.4 Å². The molecule has 0 spiro atoms. The number of carbonyl (C=O) groups is 1. The van der Waals surface area contributed by atoms with E-state index in [1.165, 1.54) is 0 Å². The van der Waals surface area contributed by atoms with Crippen LogP contribution in [0.4, 0.5) is 0 Å². The minimum Gasteiger partial charge on any atom is -0.489 e. The lowest BCUT2D eigenvalue weighted by Crippen LogP contribution is -2.36. The van der Waals surface area contributed by atoms with Gasteiger partial charge in [0.05, 0.1) is 6.54 Å². The molecule has 3 rings (SSSR count). The third-order valence-corrected chi connectivity index (χ3v) is 4.75. The van der Waals surface area contributed by atoms with Gasteiger partial charge in [0.2, 0.25) is 0 Å². The van der Waals surface area contributed by atoms with Crippen LogP contribution in [-0.2, 0) is 17.9 Å². The molecule has 0 saturated heterocycles. The van der Waals surface area contributed by atoms with Crippen LogP contribution in [0.2, 0.25) is 0 Å². The highest BCUT2D eigenvalue weighted by molar-refractivity contribution is 5.80. The number of carbonyl (C=O) groups excluding carboxylic acids is 1. The standard InChI is InChI=1S/C25H32N4O3/c1-3-14-31-23-11-6-5-9-20(23)17-28-25(26-4-2)27-16-19-8-7-10-22(15-19)32-18-24(30)29-21-12-13-21/h3,5-11,15,21H,1,4,12-14,16-18H2,2H3,(H,29,30)(H2,26,27,28). The molecule has 1 amide bonds. The van der Waals surface area contributed by atoms with Gasteiger partial charge in [0, 0.05) is 24.7 Å². The van der Waals surface area contributed by atoms with Crippen LogP contribution in [0.5, 0.6) is 11.5 Å². The Morgan fingerprint density at radius 1 is 1.16 bits per heavy atom. The summed E-state index contributed by atoms with van der Waals surface area (Å²) in [6.07, 6.45) is 3.86. The zero-order valence-electron chi connectivity index (χ0n) is 18.6. The van der Waals surface area contributed by atoms with Gasteiger partial charge in [-0.25, -0.2) is 4.99 Å². The summed E-state index contributed by atoms with van der Waals surface area (Å²) in [5.41, 5.74) is 2.04. The zero-order valence-corrected chi connectivity index (χ0v) is 18.6. The molecule has 2 aromatic rings. The average molecular weight is 437 g/mol. The van der Waals surface area contributed by atoms with Crippen molar-refractivity contribution in [2.24, 2.45) is 4.99 Å². The second-order valence-electron chi connectivity index (χ2n) is 7.53. The van der Waals surface area contributed by atoms with Crippen molar-refractivity contribution in [2.45, 2.75) is 38.9 Å². The van der Waals surface area contributed by atoms with Crippen molar-refractivity contribution in [2.75, 3.05) is 19.8 Å². The molecule has 170 valence electrons. The Morgan fingerprint density at radius 3 is 2.78 bits per heavy atom. The van der Waals surface area contributed by atoms with E-state index in [-0.39, 0.29) is 12.5 Å². The van der Waals surface area contributed by atoms with Crippen LogP contribution in [0.3, 0.4) is 0 Å². The number of amides is 1. The molecule has 7 heteroatoms. The molecule has 0 atom stereocenters. The summed E-state index contributed by atoms with van der Waals surface area (Å²) in [5.74, 6) is 2.12. The molecule has 3 N–H and O–H groups in total. The normalized spacial score (nSPS) is 13.2. The Kier molecular flexibility index (Phi) is 8.98. The predicted octanol–water partition coefficient (Wildman–Crippen LogP) is 3.16. The fraction of sp³-hybridized carbons (Fsp3) is 0.360. The van der Waals surface area contributed by atoms with Crippen LogP contribution >= 0.6 is 0 Å². The Morgan fingerprint density at radius 2 is 2.00 bits per heavy atom. The number of hydrogen-bond acceptors (Lipinski definition) is 4. The Balaban J connectivity index is 1.55. The second-order valence-corrected chi connectivity index (χ2v) is 7.53. The van der Waals surface area contributed by atoms with Crippen LogP contribution in [-0.4, -0.2) is 37.7 Å². The number of guanidine groups is 1. The highest BCUT2D eigenvalue weighted by Crippen LogP contribution is 2.19. The van der Waals surface area contributed by atoms with Crippen LogP contribution in [0.1, 0.15) is 30.9 Å². The van der Waals surface area contributed by atoms with Crippen molar-refractivity contribution >= 4 is 11.9 Å². The first-order valence-electron chi connectivity index (χ1n) is 11.0. The van der Waals surface area contributed by atoms with Crippen molar-refractivity contribution in [3.8, 4) is 11.5 Å². The van der Waals surface area contributed by atoms with Gasteiger partial charge >= 0.3 is 0 Å². The lowest BCUT2D eigenvalue weighted by atomic mass is 10.2. The fourth-order valence-electron chi connectivity index (χ4n) is 3.01. The number of nitrogens with zero attached hydrogens (tertiary/aromatic N) is 1. The van der Waals surface area contributed by atoms with Crippen molar-refractivity contribution in [1.82, 2.24) is 16.0 Å². The molecule has 0 unspecified atom stereocenters. The number of nitrogens with one attached hydrogen (secondary N) is 3. The van der Waals surface area contributed by atoms with E-state index in [0.29, 0.717) is 37.4 Å². The first-order chi connectivity index (χ1) is 15.7. The molecule has 1 fully saturated rings. The molecule has 0 bridgehead atoms. The lowest BCUT2D eigenvalue weighted by Gasteiger charge is -2.14. The Labute approximate surface area is 189 Å². The Bertz CT molecular complexity index is 925. The van der Waals surface area contributed by atoms with Crippen LogP contribution in [0.15, 0.2) is 66.2 Å². The first-order valence-corrected chi connectivity index (χ1v) is 11.0. The zero-order chi connectivity index (χ0) is 22.6. The fourth-order valence-corrected chi connectivity index (χ4v) is 3.01. The number of hydrogen-bond donors (Lipinski definition) is 3. The van der Waals surface area contributed by atoms with Gasteiger partial charge in [-0.1, -0.05) is 43.0 Å². The van der Waals surface area contributed by atoms with Crippen molar-refractivity contribution in [3.05, 3.63) is 72.3 Å². The summed E-state index contributed by atoms with van der Waals surface area (Å²) in [6, 6.07) is 15.9. The molecule has 0 radical (unpaired) electrons. The topological polar surface area (TPSA) is 84.0 Å². The van der Waals surface area contributed by atoms with E-state index in [4.69, 9.17) is 9.47 Å². The van der Waals surface area contributed by atoms with Gasteiger partial charge in [0.25, 0.3) is 5.91 Å². The Hall–Kier alpha value is -3.48. The van der Waals surface area contributed by atoms with E-state index < -0.39 is 0 Å². The van der Waals surface area contributed by atoms with E-state index in [9.17, 15) is 4.79 Å². The maximum Gasteiger partial charge on any atom is 0.258 e. The van der Waals surface area contributed by atoms with Gasteiger partial charge in [-0.2, -0.15) is 0 Å². The smallest absolute Gasteiger partial charge is 0.258 e. The van der Waals surface area contributed by atoms with Gasteiger partial charge in [0.15, 0.2) is 12.6 Å². The van der Waals surface area contributed by atoms with E-state index in [2.05, 4.69) is 27.5 Å². The summed E-state index contributed by atoms with van der Waals surface area (Å²) in [5, 5.41) is 9.53. The monoisotopic (exact) mass is 436 g/mol. The van der Waals surface area contributed by atoms with E-state index >= 15 is 0 Å². The number of benzene rings is 2. The third kappa shape index (κ3) is 7.98. The van der Waals surface area contributed by atoms with E-state index in [1.54, 1.807) is 6.08 Å². The first kappa shape index (κ1) is 23.2. The number of aliphatic imine (C=N–C) groups is 1. The SMILES string of the molecule is C=CCOc1ccccc1CNC(=NCc1cccc(OCC(=O)NC2CC2)c1)NCC. The van der Waals surface area contributed by atoms with E-state index in [0.717, 1.165) is 36.3 Å². The van der Waals surface area contributed by atoms with Gasteiger partial charge in [0.1, 0.15) is 18.1 Å². The maximum atomic E-state index is 11.8. The number of para-hydroxylation sites is 1. The molecule has 7 nitrogen and oxygen atoms in total. The summed E-state index contributed by atoms with van der Waals surface area (Å²) < 4.78 is 11.4. The molecule has 1 aliphatic carbocycles. The lowest BCUT2D eigenvalue weighted by molar-refractivity contribution is -0.123. The highest BCUT2D eigenvalue weighted by atomic mass is 16.5. The van der Waals surface area contributed by atoms with Crippen molar-refractivity contribution in [1.29, 1.82) is 0 Å². The molecule has 0 heterocycles. The second kappa shape index (κ2) is 12.4. The van der Waals surface area contributed by atoms with Crippen LogP contribution in [0.25, 0.3) is 0 Å². The summed E-state index contributed by atoms with van der Waals surface area (Å²) >= 11 is 0. The third-order valence-electron chi connectivity index (χ3n) is 4.75. The number of rotatable bonds is 12. The molecule has 0 aromatic heterocycles. The van der Waals surface area contributed by atoms with E-state index in [1.807, 2.05) is 55.5 Å². The highest BCUT2D eigenvalue weighted by Gasteiger charge is 2.23. The summed E-state index contributed by atoms with van der Waals surface area (Å²) in [7, 11) is 0. The largest absolute Gasteiger partial charge is 0.489 e. The predicted molar refractivity (Wildman–Crippen MR) is 127 cm³/mol. The molecular formula is C25H32N4O3. The molecule has 2 aromatic carbocycles. The minimum absolute atomic E-state index is 0.0285. The van der Waals surface area contributed by atoms with Gasteiger partial charge in [-0.3, -0.25) is 4.79 Å². The van der Waals surface area contributed by atoms with Crippen LogP contribution in [0, 0.1) is 0 Å². The summed E-state index contributed by atoms with van der Waals surface area (Å²) in [4.78, 5) is 16.5. The average Bonchev–Trinajstić information content (AvgIpc) is 3.63. The molecule has 1 aliphatic rings. The van der Waals surface area contributed by atoms with Crippen molar-refractivity contribution < 1.29 is 14.3 Å². The van der Waals surface area contributed by atoms with Gasteiger partial charge in [-0.15, -0.1) is 0 Å². The van der Waals surface area contributed by atoms with Crippen molar-refractivity contribution in [3.63, 3.8) is 0 Å².